The maximum absolute atomic E-state index is 9.45. The summed E-state index contributed by atoms with van der Waals surface area (Å²) in [5, 5.41) is 16.0. The van der Waals surface area contributed by atoms with Gasteiger partial charge < -0.3 is 4.74 Å². The van der Waals surface area contributed by atoms with Crippen molar-refractivity contribution in [2.75, 3.05) is 19.7 Å². The van der Waals surface area contributed by atoms with Gasteiger partial charge in [-0.25, -0.2) is 0 Å². The lowest BCUT2D eigenvalue weighted by Crippen LogP contribution is -2.48. The fourth-order valence-corrected chi connectivity index (χ4v) is 2.10. The molecule has 18 heavy (non-hydrogen) atoms. The molecular weight excluding hydrogens is 230 g/mol. The van der Waals surface area contributed by atoms with Crippen LogP contribution in [-0.2, 0) is 16.9 Å². The molecule has 1 aromatic carbocycles. The van der Waals surface area contributed by atoms with Crippen LogP contribution in [0.3, 0.4) is 0 Å². The van der Waals surface area contributed by atoms with E-state index >= 15 is 0 Å². The highest BCUT2D eigenvalue weighted by Gasteiger charge is 2.36. The zero-order valence-corrected chi connectivity index (χ0v) is 9.83. The van der Waals surface area contributed by atoms with E-state index in [0.29, 0.717) is 26.3 Å². The molecule has 1 aliphatic heterocycles. The number of fused-ring (bicyclic) bond motifs is 1. The molecule has 92 valence electrons. The highest BCUT2D eigenvalue weighted by molar-refractivity contribution is 5.40. The first-order valence-corrected chi connectivity index (χ1v) is 5.66. The van der Waals surface area contributed by atoms with E-state index in [2.05, 4.69) is 21.4 Å². The number of rotatable bonds is 4. The predicted molar refractivity (Wildman–Crippen MR) is 65.4 cm³/mol. The van der Waals surface area contributed by atoms with Crippen LogP contribution in [0, 0.1) is 11.3 Å². The minimum absolute atomic E-state index is 0.302. The summed E-state index contributed by atoms with van der Waals surface area (Å²) in [7, 11) is 0. The third-order valence-corrected chi connectivity index (χ3v) is 2.95. The second kappa shape index (κ2) is 5.52. The molecule has 6 heteroatoms. The van der Waals surface area contributed by atoms with Gasteiger partial charge in [0.2, 0.25) is 0 Å². The lowest BCUT2D eigenvalue weighted by atomic mass is 9.86. The Hall–Kier alpha value is -2.06. The molecule has 1 atom stereocenters. The van der Waals surface area contributed by atoms with Crippen LogP contribution in [0.15, 0.2) is 29.4 Å². The van der Waals surface area contributed by atoms with Crippen molar-refractivity contribution in [3.05, 3.63) is 45.8 Å². The summed E-state index contributed by atoms with van der Waals surface area (Å²) in [4.78, 5) is 2.68. The van der Waals surface area contributed by atoms with E-state index < -0.39 is 5.54 Å². The minimum atomic E-state index is -0.847. The van der Waals surface area contributed by atoms with E-state index in [-0.39, 0.29) is 0 Å². The summed E-state index contributed by atoms with van der Waals surface area (Å²) in [6.45, 7) is 1.58. The molecule has 0 aliphatic carbocycles. The number of azide groups is 1. The lowest BCUT2D eigenvalue weighted by molar-refractivity contribution is 0.0587. The van der Waals surface area contributed by atoms with Gasteiger partial charge in [0, 0.05) is 18.0 Å². The highest BCUT2D eigenvalue weighted by atomic mass is 16.5. The van der Waals surface area contributed by atoms with Crippen LogP contribution < -0.4 is 5.32 Å². The Bertz CT molecular complexity index is 517. The maximum Gasteiger partial charge on any atom is 0.156 e. The van der Waals surface area contributed by atoms with Crippen LogP contribution >= 0.6 is 0 Å². The number of hydrogen-bond donors (Lipinski definition) is 1. The SMILES string of the molecule is N#CC1(NCCN=[N+]=[N-])COCc2ccccc21. The molecule has 0 radical (unpaired) electrons. The van der Waals surface area contributed by atoms with Crippen molar-refractivity contribution >= 4 is 0 Å². The number of nitrogens with one attached hydrogen (secondary N) is 1. The van der Waals surface area contributed by atoms with Crippen molar-refractivity contribution in [1.29, 1.82) is 5.26 Å². The normalized spacial score (nSPS) is 21.5. The monoisotopic (exact) mass is 243 g/mol. The van der Waals surface area contributed by atoms with E-state index in [1.165, 1.54) is 0 Å². The first-order chi connectivity index (χ1) is 8.82. The van der Waals surface area contributed by atoms with Gasteiger partial charge in [0.05, 0.1) is 19.3 Å². The van der Waals surface area contributed by atoms with Gasteiger partial charge in [0.1, 0.15) is 0 Å². The molecule has 1 unspecified atom stereocenters. The Morgan fingerprint density at radius 1 is 1.56 bits per heavy atom. The molecule has 1 N–H and O–H groups in total. The van der Waals surface area contributed by atoms with Gasteiger partial charge in [-0.3, -0.25) is 5.32 Å². The van der Waals surface area contributed by atoms with Crippen LogP contribution in [0.5, 0.6) is 0 Å². The smallest absolute Gasteiger partial charge is 0.156 e. The highest BCUT2D eigenvalue weighted by Crippen LogP contribution is 2.29. The zero-order chi connectivity index (χ0) is 12.8. The molecule has 6 nitrogen and oxygen atoms in total. The molecule has 1 aromatic rings. The Balaban J connectivity index is 2.23. The van der Waals surface area contributed by atoms with Gasteiger partial charge in [-0.1, -0.05) is 29.4 Å². The molecule has 0 saturated heterocycles. The fraction of sp³-hybridized carbons (Fsp3) is 0.417. The van der Waals surface area contributed by atoms with E-state index in [9.17, 15) is 5.26 Å². The summed E-state index contributed by atoms with van der Waals surface area (Å²) >= 11 is 0. The molecule has 1 heterocycles. The summed E-state index contributed by atoms with van der Waals surface area (Å²) in [6.07, 6.45) is 0. The van der Waals surface area contributed by atoms with Gasteiger partial charge in [-0.15, -0.1) is 0 Å². The van der Waals surface area contributed by atoms with E-state index in [1.807, 2.05) is 24.3 Å². The van der Waals surface area contributed by atoms with Gasteiger partial charge in [0.15, 0.2) is 5.54 Å². The van der Waals surface area contributed by atoms with Crippen molar-refractivity contribution < 1.29 is 4.74 Å². The predicted octanol–water partition coefficient (Wildman–Crippen LogP) is 1.84. The summed E-state index contributed by atoms with van der Waals surface area (Å²) < 4.78 is 5.47. The number of nitriles is 1. The topological polar surface area (TPSA) is 93.8 Å². The summed E-state index contributed by atoms with van der Waals surface area (Å²) in [5.41, 5.74) is 9.34. The Kier molecular flexibility index (Phi) is 3.80. The average Bonchev–Trinajstić information content (AvgIpc) is 2.44. The molecule has 0 spiro atoms. The molecule has 0 saturated carbocycles. The molecule has 1 aliphatic rings. The number of benzene rings is 1. The van der Waals surface area contributed by atoms with Crippen molar-refractivity contribution in [3.63, 3.8) is 0 Å². The van der Waals surface area contributed by atoms with Crippen LogP contribution in [0.25, 0.3) is 10.4 Å². The van der Waals surface area contributed by atoms with E-state index in [1.54, 1.807) is 0 Å². The summed E-state index contributed by atoms with van der Waals surface area (Å²) in [5.74, 6) is 0. The average molecular weight is 243 g/mol. The second-order valence-corrected chi connectivity index (χ2v) is 4.05. The molecule has 0 aromatic heterocycles. The van der Waals surface area contributed by atoms with E-state index in [0.717, 1.165) is 11.1 Å². The van der Waals surface area contributed by atoms with Crippen LogP contribution in [0.1, 0.15) is 11.1 Å². The molecule has 0 bridgehead atoms. The van der Waals surface area contributed by atoms with Crippen molar-refractivity contribution in [3.8, 4) is 6.07 Å². The van der Waals surface area contributed by atoms with E-state index in [4.69, 9.17) is 10.3 Å². The Morgan fingerprint density at radius 3 is 3.17 bits per heavy atom. The first kappa shape index (κ1) is 12.4. The van der Waals surface area contributed by atoms with Gasteiger partial charge >= 0.3 is 0 Å². The van der Waals surface area contributed by atoms with Crippen LogP contribution in [0.4, 0.5) is 0 Å². The molecular formula is C12H13N5O. The third-order valence-electron chi connectivity index (χ3n) is 2.95. The van der Waals surface area contributed by atoms with Gasteiger partial charge in [-0.05, 0) is 16.7 Å². The molecule has 2 rings (SSSR count). The number of hydrogen-bond acceptors (Lipinski definition) is 4. The van der Waals surface area contributed by atoms with Crippen LogP contribution in [0.2, 0.25) is 0 Å². The third kappa shape index (κ3) is 2.29. The van der Waals surface area contributed by atoms with Gasteiger partial charge in [-0.2, -0.15) is 5.26 Å². The van der Waals surface area contributed by atoms with Gasteiger partial charge in [0.25, 0.3) is 0 Å². The molecule has 0 amide bonds. The minimum Gasteiger partial charge on any atom is -0.373 e. The first-order valence-electron chi connectivity index (χ1n) is 5.66. The second-order valence-electron chi connectivity index (χ2n) is 4.05. The largest absolute Gasteiger partial charge is 0.373 e. The van der Waals surface area contributed by atoms with Crippen molar-refractivity contribution in [1.82, 2.24) is 5.32 Å². The quantitative estimate of drug-likeness (QED) is 0.378. The number of ether oxygens (including phenoxy) is 1. The Labute approximate surface area is 105 Å². The maximum atomic E-state index is 9.45. The lowest BCUT2D eigenvalue weighted by Gasteiger charge is -2.33. The molecule has 0 fully saturated rings. The number of nitrogens with zero attached hydrogens (tertiary/aromatic N) is 4. The standard InChI is InChI=1S/C12H13N5O/c13-8-12(15-5-6-16-17-14)9-18-7-10-3-1-2-4-11(10)12/h1-4,15H,5-7,9H2. The van der Waals surface area contributed by atoms with Crippen molar-refractivity contribution in [2.45, 2.75) is 12.1 Å². The fourth-order valence-electron chi connectivity index (χ4n) is 2.10. The van der Waals surface area contributed by atoms with Crippen molar-refractivity contribution in [2.24, 2.45) is 5.11 Å². The summed E-state index contributed by atoms with van der Waals surface area (Å²) in [6, 6.07) is 10.0. The zero-order valence-electron chi connectivity index (χ0n) is 9.83. The van der Waals surface area contributed by atoms with Crippen LogP contribution in [-0.4, -0.2) is 19.7 Å². The Morgan fingerprint density at radius 2 is 2.39 bits per heavy atom.